The van der Waals surface area contributed by atoms with Gasteiger partial charge in [0.05, 0.1) is 18.7 Å². The highest BCUT2D eigenvalue weighted by atomic mass is 16.2. The van der Waals surface area contributed by atoms with Crippen LogP contribution in [0.1, 0.15) is 66.2 Å². The van der Waals surface area contributed by atoms with E-state index in [4.69, 9.17) is 0 Å². The first-order valence-corrected chi connectivity index (χ1v) is 10.6. The van der Waals surface area contributed by atoms with Crippen LogP contribution in [0.3, 0.4) is 0 Å². The van der Waals surface area contributed by atoms with Gasteiger partial charge in [0.25, 0.3) is 5.91 Å². The molecule has 1 saturated carbocycles. The highest BCUT2D eigenvalue weighted by Crippen LogP contribution is 2.23. The van der Waals surface area contributed by atoms with Crippen LogP contribution in [0, 0.1) is 6.92 Å². The number of aromatic nitrogens is 3. The van der Waals surface area contributed by atoms with Crippen molar-refractivity contribution in [1.29, 1.82) is 0 Å². The fraction of sp³-hybridized carbons (Fsp3) is 0.545. The predicted octanol–water partition coefficient (Wildman–Crippen LogP) is 2.67. The van der Waals surface area contributed by atoms with E-state index in [0.29, 0.717) is 25.2 Å². The average molecular weight is 396 g/mol. The van der Waals surface area contributed by atoms with E-state index in [0.717, 1.165) is 31.2 Å². The highest BCUT2D eigenvalue weighted by molar-refractivity contribution is 5.92. The van der Waals surface area contributed by atoms with Gasteiger partial charge in [-0.1, -0.05) is 47.9 Å². The van der Waals surface area contributed by atoms with Crippen LogP contribution >= 0.6 is 0 Å². The molecule has 1 aliphatic carbocycles. The molecule has 0 spiro atoms. The lowest BCUT2D eigenvalue weighted by atomic mass is 10.0. The van der Waals surface area contributed by atoms with Crippen molar-refractivity contribution in [3.8, 4) is 0 Å². The summed E-state index contributed by atoms with van der Waals surface area (Å²) in [5.41, 5.74) is 2.62. The molecule has 0 radical (unpaired) electrons. The second-order valence-electron chi connectivity index (χ2n) is 8.32. The van der Waals surface area contributed by atoms with E-state index >= 15 is 0 Å². The monoisotopic (exact) mass is 395 g/mol. The normalized spacial score (nSPS) is 18.2. The molecule has 2 fully saturated rings. The molecule has 0 unspecified atom stereocenters. The van der Waals surface area contributed by atoms with Crippen LogP contribution in [0.25, 0.3) is 0 Å². The van der Waals surface area contributed by atoms with Crippen LogP contribution < -0.4 is 5.32 Å². The summed E-state index contributed by atoms with van der Waals surface area (Å²) in [6, 6.07) is 8.56. The SMILES string of the molecule is Cc1cccc(CC(=O)N2CCC(n3cc(C(=O)NC4CCCC4)nn3)CC2)c1. The fourth-order valence-electron chi connectivity index (χ4n) is 4.38. The molecule has 29 heavy (non-hydrogen) atoms. The van der Waals surface area contributed by atoms with Gasteiger partial charge in [0, 0.05) is 19.1 Å². The lowest BCUT2D eigenvalue weighted by molar-refractivity contribution is -0.131. The Morgan fingerprint density at radius 1 is 1.14 bits per heavy atom. The number of likely N-dealkylation sites (tertiary alicyclic amines) is 1. The molecule has 1 N–H and O–H groups in total. The Bertz CT molecular complexity index is 864. The minimum absolute atomic E-state index is 0.131. The van der Waals surface area contributed by atoms with Crippen molar-refractivity contribution < 1.29 is 9.59 Å². The van der Waals surface area contributed by atoms with E-state index in [9.17, 15) is 9.59 Å². The minimum atomic E-state index is -0.131. The van der Waals surface area contributed by atoms with Gasteiger partial charge in [-0.2, -0.15) is 0 Å². The summed E-state index contributed by atoms with van der Waals surface area (Å²) in [5.74, 6) is 0.0400. The van der Waals surface area contributed by atoms with Crippen LogP contribution in [0.5, 0.6) is 0 Å². The third kappa shape index (κ3) is 4.83. The maximum Gasteiger partial charge on any atom is 0.273 e. The molecule has 2 aliphatic rings. The van der Waals surface area contributed by atoms with Gasteiger partial charge in [0.1, 0.15) is 0 Å². The van der Waals surface area contributed by atoms with Crippen molar-refractivity contribution >= 4 is 11.8 Å². The Kier molecular flexibility index (Phi) is 5.92. The van der Waals surface area contributed by atoms with E-state index in [-0.39, 0.29) is 23.9 Å². The molecule has 2 heterocycles. The standard InChI is InChI=1S/C22H29N5O2/c1-16-5-4-6-17(13-16)14-21(28)26-11-9-19(10-12-26)27-15-20(24-25-27)22(29)23-18-7-2-3-8-18/h4-6,13,15,18-19H,2-3,7-12,14H2,1H3,(H,23,29). The molecule has 1 saturated heterocycles. The Morgan fingerprint density at radius 3 is 2.62 bits per heavy atom. The lowest BCUT2D eigenvalue weighted by Crippen LogP contribution is -2.40. The number of rotatable bonds is 5. The van der Waals surface area contributed by atoms with Gasteiger partial charge in [-0.15, -0.1) is 5.10 Å². The van der Waals surface area contributed by atoms with Gasteiger partial charge >= 0.3 is 0 Å². The third-order valence-electron chi connectivity index (χ3n) is 6.06. The summed E-state index contributed by atoms with van der Waals surface area (Å²) in [5, 5.41) is 11.3. The average Bonchev–Trinajstić information content (AvgIpc) is 3.40. The molecule has 0 atom stereocenters. The lowest BCUT2D eigenvalue weighted by Gasteiger charge is -2.32. The Hall–Kier alpha value is -2.70. The van der Waals surface area contributed by atoms with Crippen molar-refractivity contribution in [3.05, 3.63) is 47.3 Å². The number of carbonyl (C=O) groups excluding carboxylic acids is 2. The second-order valence-corrected chi connectivity index (χ2v) is 8.32. The minimum Gasteiger partial charge on any atom is -0.348 e. The summed E-state index contributed by atoms with van der Waals surface area (Å²) in [6.45, 7) is 3.46. The Balaban J connectivity index is 1.28. The molecule has 2 aromatic rings. The van der Waals surface area contributed by atoms with Crippen molar-refractivity contribution in [1.82, 2.24) is 25.2 Å². The number of hydrogen-bond donors (Lipinski definition) is 1. The number of amides is 2. The molecule has 2 amide bonds. The van der Waals surface area contributed by atoms with E-state index in [2.05, 4.69) is 21.7 Å². The number of nitrogens with one attached hydrogen (secondary N) is 1. The smallest absolute Gasteiger partial charge is 0.273 e. The van der Waals surface area contributed by atoms with Crippen molar-refractivity contribution in [2.45, 2.75) is 64.0 Å². The van der Waals surface area contributed by atoms with Crippen molar-refractivity contribution in [2.75, 3.05) is 13.1 Å². The van der Waals surface area contributed by atoms with Crippen LogP contribution in [0.4, 0.5) is 0 Å². The largest absolute Gasteiger partial charge is 0.348 e. The van der Waals surface area contributed by atoms with Gasteiger partial charge in [-0.25, -0.2) is 4.68 Å². The van der Waals surface area contributed by atoms with Gasteiger partial charge in [-0.05, 0) is 38.2 Å². The zero-order valence-corrected chi connectivity index (χ0v) is 17.0. The molecular weight excluding hydrogens is 366 g/mol. The van der Waals surface area contributed by atoms with Crippen LogP contribution in [0.15, 0.2) is 30.5 Å². The third-order valence-corrected chi connectivity index (χ3v) is 6.06. The molecule has 1 aromatic heterocycles. The summed E-state index contributed by atoms with van der Waals surface area (Å²) in [7, 11) is 0. The molecule has 4 rings (SSSR count). The Labute approximate surface area is 171 Å². The first-order valence-electron chi connectivity index (χ1n) is 10.6. The zero-order chi connectivity index (χ0) is 20.2. The molecule has 0 bridgehead atoms. The number of benzene rings is 1. The Morgan fingerprint density at radius 2 is 1.90 bits per heavy atom. The van der Waals surface area contributed by atoms with Crippen molar-refractivity contribution in [2.24, 2.45) is 0 Å². The molecule has 7 nitrogen and oxygen atoms in total. The number of piperidine rings is 1. The number of carbonyl (C=O) groups is 2. The van der Waals surface area contributed by atoms with Crippen molar-refractivity contribution in [3.63, 3.8) is 0 Å². The first kappa shape index (κ1) is 19.6. The maximum atomic E-state index is 12.6. The maximum absolute atomic E-state index is 12.6. The molecule has 154 valence electrons. The fourth-order valence-corrected chi connectivity index (χ4v) is 4.38. The predicted molar refractivity (Wildman–Crippen MR) is 109 cm³/mol. The number of hydrogen-bond acceptors (Lipinski definition) is 4. The quantitative estimate of drug-likeness (QED) is 0.844. The summed E-state index contributed by atoms with van der Waals surface area (Å²) >= 11 is 0. The summed E-state index contributed by atoms with van der Waals surface area (Å²) in [4.78, 5) is 26.9. The molecule has 1 aromatic carbocycles. The van der Waals surface area contributed by atoms with Gasteiger partial charge in [0.2, 0.25) is 5.91 Å². The van der Waals surface area contributed by atoms with E-state index in [1.807, 2.05) is 30.0 Å². The van der Waals surface area contributed by atoms with Gasteiger partial charge < -0.3 is 10.2 Å². The van der Waals surface area contributed by atoms with E-state index < -0.39 is 0 Å². The van der Waals surface area contributed by atoms with E-state index in [1.165, 1.54) is 18.4 Å². The number of nitrogens with zero attached hydrogens (tertiary/aromatic N) is 4. The first-order chi connectivity index (χ1) is 14.1. The van der Waals surface area contributed by atoms with Gasteiger partial charge in [-0.3, -0.25) is 9.59 Å². The van der Waals surface area contributed by atoms with Gasteiger partial charge in [0.15, 0.2) is 5.69 Å². The highest BCUT2D eigenvalue weighted by Gasteiger charge is 2.26. The second kappa shape index (κ2) is 8.76. The van der Waals surface area contributed by atoms with Crippen LogP contribution in [-0.4, -0.2) is 50.8 Å². The topological polar surface area (TPSA) is 80.1 Å². The van der Waals surface area contributed by atoms with Crippen LogP contribution in [-0.2, 0) is 11.2 Å². The van der Waals surface area contributed by atoms with E-state index in [1.54, 1.807) is 10.9 Å². The molecular formula is C22H29N5O2. The molecule has 1 aliphatic heterocycles. The number of aryl methyl sites for hydroxylation is 1. The summed E-state index contributed by atoms with van der Waals surface area (Å²) in [6.07, 6.45) is 8.31. The zero-order valence-electron chi connectivity index (χ0n) is 17.0. The summed E-state index contributed by atoms with van der Waals surface area (Å²) < 4.78 is 1.80. The van der Waals surface area contributed by atoms with Crippen LogP contribution in [0.2, 0.25) is 0 Å². The molecule has 7 heteroatoms.